The summed E-state index contributed by atoms with van der Waals surface area (Å²) in [6.07, 6.45) is 1.03. The Morgan fingerprint density at radius 3 is 2.85 bits per heavy atom. The predicted octanol–water partition coefficient (Wildman–Crippen LogP) is 2.97. The van der Waals surface area contributed by atoms with Crippen LogP contribution in [-0.4, -0.2) is 33.1 Å². The summed E-state index contributed by atoms with van der Waals surface area (Å²) in [5.74, 6) is 0.190. The van der Waals surface area contributed by atoms with Crippen LogP contribution in [0.5, 0.6) is 11.5 Å². The van der Waals surface area contributed by atoms with Gasteiger partial charge in [0, 0.05) is 17.8 Å². The lowest BCUT2D eigenvalue weighted by atomic mass is 10.0. The molecule has 0 saturated carbocycles. The van der Waals surface area contributed by atoms with E-state index in [1.165, 1.54) is 17.4 Å². The number of rotatable bonds is 4. The number of guanidine groups is 1. The van der Waals surface area contributed by atoms with E-state index in [1.807, 2.05) is 13.0 Å². The first-order chi connectivity index (χ1) is 12.5. The summed E-state index contributed by atoms with van der Waals surface area (Å²) in [6, 6.07) is 10.1. The Bertz CT molecular complexity index is 1020. The molecule has 2 aromatic carbocycles. The zero-order valence-electron chi connectivity index (χ0n) is 14.0. The number of aromatic hydroxyl groups is 2. The minimum Gasteiger partial charge on any atom is -0.508 e. The molecule has 7 nitrogen and oxygen atoms in total. The Morgan fingerprint density at radius 1 is 1.31 bits per heavy atom. The van der Waals surface area contributed by atoms with Gasteiger partial charge in [0.05, 0.1) is 22.5 Å². The molecule has 0 aliphatic carbocycles. The second kappa shape index (κ2) is 7.32. The van der Waals surface area contributed by atoms with Crippen molar-refractivity contribution in [3.8, 4) is 11.5 Å². The Hall–Kier alpha value is -3.26. The van der Waals surface area contributed by atoms with Crippen LogP contribution < -0.4 is 5.73 Å². The van der Waals surface area contributed by atoms with Crippen molar-refractivity contribution in [2.75, 3.05) is 0 Å². The molecule has 1 heterocycles. The lowest BCUT2D eigenvalue weighted by Gasteiger charge is -2.07. The molecule has 0 radical (unpaired) electrons. The van der Waals surface area contributed by atoms with E-state index >= 15 is 0 Å². The Labute approximate surface area is 153 Å². The molecule has 0 aliphatic heterocycles. The first-order valence-electron chi connectivity index (χ1n) is 7.74. The number of nitrogens with two attached hydrogens (primary N) is 1. The number of phenols is 2. The number of aromatic nitrogens is 1. The fraction of sp³-hybridized carbons (Fsp3) is 0.111. The third kappa shape index (κ3) is 3.70. The molecule has 0 amide bonds. The van der Waals surface area contributed by atoms with Crippen LogP contribution in [0.15, 0.2) is 46.4 Å². The summed E-state index contributed by atoms with van der Waals surface area (Å²) in [7, 11) is 0. The van der Waals surface area contributed by atoms with Crippen molar-refractivity contribution in [1.29, 1.82) is 5.41 Å². The topological polar surface area (TPSA) is 128 Å². The average molecular weight is 367 g/mol. The van der Waals surface area contributed by atoms with Crippen LogP contribution in [-0.2, 0) is 6.54 Å². The Balaban J connectivity index is 1.85. The van der Waals surface area contributed by atoms with E-state index < -0.39 is 0 Å². The number of hydrogen-bond acceptors (Lipinski definition) is 6. The molecule has 8 heteroatoms. The highest BCUT2D eigenvalue weighted by molar-refractivity contribution is 7.18. The summed E-state index contributed by atoms with van der Waals surface area (Å²) < 4.78 is 0.945. The number of phenolic OH excluding ortho intramolecular Hbond substituents is 2. The summed E-state index contributed by atoms with van der Waals surface area (Å²) in [5.41, 5.74) is 8.04. The van der Waals surface area contributed by atoms with Gasteiger partial charge in [-0.15, -0.1) is 11.3 Å². The second-order valence-electron chi connectivity index (χ2n) is 5.54. The molecule has 5 N–H and O–H groups in total. The minimum atomic E-state index is -0.00624. The molecular formula is C18H17N5O2S. The molecule has 132 valence electrons. The van der Waals surface area contributed by atoms with Crippen molar-refractivity contribution in [2.45, 2.75) is 13.5 Å². The van der Waals surface area contributed by atoms with E-state index in [1.54, 1.807) is 24.3 Å². The van der Waals surface area contributed by atoms with E-state index in [-0.39, 0.29) is 29.7 Å². The number of benzene rings is 2. The summed E-state index contributed by atoms with van der Waals surface area (Å²) >= 11 is 1.46. The standard InChI is InChI=1S/C18H17N5O2S/c1-10-3-2-4-14(25)17(10)13(8-19)23-18(20)21-9-16-22-12-7-11(24)5-6-15(12)26-16/h2-8,19,24-25H,9H2,1H3,(H2,20,21)/b19-8?,23-13+. The van der Waals surface area contributed by atoms with Gasteiger partial charge in [-0.1, -0.05) is 12.1 Å². The molecule has 1 aromatic heterocycles. The zero-order chi connectivity index (χ0) is 18.7. The van der Waals surface area contributed by atoms with Gasteiger partial charge in [0.1, 0.15) is 16.5 Å². The smallest absolute Gasteiger partial charge is 0.216 e. The highest BCUT2D eigenvalue weighted by Crippen LogP contribution is 2.26. The lowest BCUT2D eigenvalue weighted by molar-refractivity contribution is 0.473. The highest BCUT2D eigenvalue weighted by Gasteiger charge is 2.11. The van der Waals surface area contributed by atoms with E-state index in [0.717, 1.165) is 21.5 Å². The van der Waals surface area contributed by atoms with Crippen molar-refractivity contribution < 1.29 is 10.2 Å². The number of fused-ring (bicyclic) bond motifs is 1. The van der Waals surface area contributed by atoms with Crippen molar-refractivity contribution in [2.24, 2.45) is 15.7 Å². The van der Waals surface area contributed by atoms with Gasteiger partial charge in [-0.25, -0.2) is 15.0 Å². The first-order valence-corrected chi connectivity index (χ1v) is 8.56. The second-order valence-corrected chi connectivity index (χ2v) is 6.66. The van der Waals surface area contributed by atoms with Crippen LogP contribution in [0.25, 0.3) is 10.2 Å². The van der Waals surface area contributed by atoms with Crippen LogP contribution in [0.2, 0.25) is 0 Å². The minimum absolute atomic E-state index is 0.00624. The van der Waals surface area contributed by atoms with Gasteiger partial charge in [-0.2, -0.15) is 0 Å². The van der Waals surface area contributed by atoms with Crippen LogP contribution in [0, 0.1) is 12.3 Å². The molecule has 0 spiro atoms. The van der Waals surface area contributed by atoms with Gasteiger partial charge in [-0.3, -0.25) is 0 Å². The normalized spacial score (nSPS) is 12.5. The number of hydrogen-bond donors (Lipinski definition) is 4. The van der Waals surface area contributed by atoms with E-state index in [2.05, 4.69) is 15.0 Å². The van der Waals surface area contributed by atoms with Gasteiger partial charge in [0.25, 0.3) is 0 Å². The number of nitrogens with zero attached hydrogens (tertiary/aromatic N) is 3. The molecule has 26 heavy (non-hydrogen) atoms. The van der Waals surface area contributed by atoms with Crippen molar-refractivity contribution in [1.82, 2.24) is 4.98 Å². The summed E-state index contributed by atoms with van der Waals surface area (Å²) in [5, 5.41) is 27.8. The quantitative estimate of drug-likeness (QED) is 0.417. The molecule has 0 fully saturated rings. The fourth-order valence-corrected chi connectivity index (χ4v) is 3.36. The van der Waals surface area contributed by atoms with Crippen LogP contribution >= 0.6 is 11.3 Å². The van der Waals surface area contributed by atoms with Crippen molar-refractivity contribution in [3.05, 3.63) is 52.5 Å². The zero-order valence-corrected chi connectivity index (χ0v) is 14.8. The van der Waals surface area contributed by atoms with Gasteiger partial charge in [0.2, 0.25) is 5.96 Å². The Morgan fingerprint density at radius 2 is 2.12 bits per heavy atom. The summed E-state index contributed by atoms with van der Waals surface area (Å²) in [6.45, 7) is 2.05. The van der Waals surface area contributed by atoms with Gasteiger partial charge < -0.3 is 21.4 Å². The van der Waals surface area contributed by atoms with Crippen molar-refractivity contribution >= 4 is 39.4 Å². The lowest BCUT2D eigenvalue weighted by Crippen LogP contribution is -2.15. The maximum absolute atomic E-state index is 10.0. The van der Waals surface area contributed by atoms with Crippen LogP contribution in [0.4, 0.5) is 0 Å². The van der Waals surface area contributed by atoms with Gasteiger partial charge in [0.15, 0.2) is 0 Å². The maximum atomic E-state index is 10.0. The SMILES string of the molecule is Cc1cccc(O)c1/C(C=N)=N/C(N)=NCc1nc2cc(O)ccc2s1. The van der Waals surface area contributed by atoms with E-state index in [9.17, 15) is 10.2 Å². The monoisotopic (exact) mass is 367 g/mol. The maximum Gasteiger partial charge on any atom is 0.216 e. The van der Waals surface area contributed by atoms with Crippen molar-refractivity contribution in [3.63, 3.8) is 0 Å². The van der Waals surface area contributed by atoms with Gasteiger partial charge >= 0.3 is 0 Å². The molecule has 0 atom stereocenters. The largest absolute Gasteiger partial charge is 0.508 e. The third-order valence-corrected chi connectivity index (χ3v) is 4.69. The number of thiazole rings is 1. The molecule has 0 unspecified atom stereocenters. The van der Waals surface area contributed by atoms with Crippen LogP contribution in [0.1, 0.15) is 16.1 Å². The first kappa shape index (κ1) is 17.6. The highest BCUT2D eigenvalue weighted by atomic mass is 32.1. The van der Waals surface area contributed by atoms with E-state index in [0.29, 0.717) is 11.1 Å². The molecular weight excluding hydrogens is 350 g/mol. The average Bonchev–Trinajstić information content (AvgIpc) is 3.00. The summed E-state index contributed by atoms with van der Waals surface area (Å²) in [4.78, 5) is 12.7. The van der Waals surface area contributed by atoms with E-state index in [4.69, 9.17) is 11.1 Å². The fourth-order valence-electron chi connectivity index (χ4n) is 2.48. The van der Waals surface area contributed by atoms with Crippen LogP contribution in [0.3, 0.4) is 0 Å². The molecule has 0 saturated heterocycles. The third-order valence-electron chi connectivity index (χ3n) is 3.67. The molecule has 0 aliphatic rings. The molecule has 3 aromatic rings. The molecule has 3 rings (SSSR count). The predicted molar refractivity (Wildman–Crippen MR) is 105 cm³/mol. The number of aryl methyl sites for hydroxylation is 1. The van der Waals surface area contributed by atoms with Gasteiger partial charge in [-0.05, 0) is 30.7 Å². The number of nitrogens with one attached hydrogen (secondary N) is 1. The number of aliphatic imine (C=N–C) groups is 2. The Kier molecular flexibility index (Phi) is 4.94. The molecule has 0 bridgehead atoms.